The molecule has 1 fully saturated rings. The molecular formula is C19H21N3O2. The minimum atomic E-state index is -0.596. The Bertz CT molecular complexity index is 705. The van der Waals surface area contributed by atoms with Gasteiger partial charge < -0.3 is 11.1 Å². The molecule has 3 N–H and O–H groups in total. The zero-order valence-corrected chi connectivity index (χ0v) is 13.4. The third-order valence-corrected chi connectivity index (χ3v) is 4.61. The Morgan fingerprint density at radius 1 is 1.00 bits per heavy atom. The molecule has 5 heteroatoms. The van der Waals surface area contributed by atoms with Crippen LogP contribution in [-0.4, -0.2) is 22.8 Å². The maximum atomic E-state index is 12.3. The molecule has 1 aliphatic rings. The van der Waals surface area contributed by atoms with Crippen LogP contribution in [-0.2, 0) is 0 Å². The Balaban J connectivity index is 1.54. The number of nitrogens with two attached hydrogens (primary N) is 1. The molecule has 0 unspecified atom stereocenters. The highest BCUT2D eigenvalue weighted by Crippen LogP contribution is 2.32. The summed E-state index contributed by atoms with van der Waals surface area (Å²) >= 11 is 0. The van der Waals surface area contributed by atoms with Crippen LogP contribution in [0.4, 0.5) is 0 Å². The fourth-order valence-electron chi connectivity index (χ4n) is 3.24. The molecule has 1 aliphatic carbocycles. The lowest BCUT2D eigenvalue weighted by Crippen LogP contribution is -2.37. The van der Waals surface area contributed by atoms with Crippen LogP contribution in [0.15, 0.2) is 48.7 Å². The number of carbonyl (C=O) groups excluding carboxylic acids is 2. The predicted molar refractivity (Wildman–Crippen MR) is 91.7 cm³/mol. The van der Waals surface area contributed by atoms with Gasteiger partial charge in [0.15, 0.2) is 0 Å². The molecule has 3 rings (SSSR count). The number of carbonyl (C=O) groups is 2. The van der Waals surface area contributed by atoms with Crippen molar-refractivity contribution in [3.05, 3.63) is 65.5 Å². The lowest BCUT2D eigenvalue weighted by molar-refractivity contribution is 0.0923. The maximum Gasteiger partial charge on any atom is 0.267 e. The predicted octanol–water partition coefficient (Wildman–Crippen LogP) is 2.64. The first-order chi connectivity index (χ1) is 11.6. The van der Waals surface area contributed by atoms with Crippen LogP contribution < -0.4 is 11.1 Å². The summed E-state index contributed by atoms with van der Waals surface area (Å²) < 4.78 is 0. The van der Waals surface area contributed by atoms with Crippen molar-refractivity contribution >= 4 is 11.8 Å². The highest BCUT2D eigenvalue weighted by Gasteiger charge is 2.23. The summed E-state index contributed by atoms with van der Waals surface area (Å²) in [4.78, 5) is 27.2. The number of benzene rings is 1. The number of nitrogens with zero attached hydrogens (tertiary/aromatic N) is 1. The van der Waals surface area contributed by atoms with Gasteiger partial charge in [-0.25, -0.2) is 0 Å². The van der Waals surface area contributed by atoms with Crippen molar-refractivity contribution in [3.8, 4) is 0 Å². The van der Waals surface area contributed by atoms with Gasteiger partial charge in [0.1, 0.15) is 5.69 Å². The average molecular weight is 323 g/mol. The van der Waals surface area contributed by atoms with Crippen LogP contribution >= 0.6 is 0 Å². The molecule has 0 spiro atoms. The third-order valence-electron chi connectivity index (χ3n) is 4.61. The van der Waals surface area contributed by atoms with Crippen LogP contribution in [0.3, 0.4) is 0 Å². The van der Waals surface area contributed by atoms with Crippen molar-refractivity contribution < 1.29 is 9.59 Å². The summed E-state index contributed by atoms with van der Waals surface area (Å²) in [5, 5.41) is 3.06. The van der Waals surface area contributed by atoms with E-state index in [9.17, 15) is 9.59 Å². The first-order valence-electron chi connectivity index (χ1n) is 8.25. The lowest BCUT2D eigenvalue weighted by Gasteiger charge is -2.29. The zero-order chi connectivity index (χ0) is 16.9. The molecule has 2 aromatic rings. The summed E-state index contributed by atoms with van der Waals surface area (Å²) in [6.45, 7) is 0. The zero-order valence-electron chi connectivity index (χ0n) is 13.4. The van der Waals surface area contributed by atoms with E-state index >= 15 is 0 Å². The molecule has 0 radical (unpaired) electrons. The van der Waals surface area contributed by atoms with Gasteiger partial charge in [0.25, 0.3) is 11.8 Å². The molecule has 1 heterocycles. The molecule has 124 valence electrons. The van der Waals surface area contributed by atoms with Gasteiger partial charge in [-0.15, -0.1) is 0 Å². The molecular weight excluding hydrogens is 302 g/mol. The number of hydrogen-bond donors (Lipinski definition) is 2. The first kappa shape index (κ1) is 16.2. The van der Waals surface area contributed by atoms with Crippen molar-refractivity contribution in [2.75, 3.05) is 0 Å². The summed E-state index contributed by atoms with van der Waals surface area (Å²) in [7, 11) is 0. The van der Waals surface area contributed by atoms with Gasteiger partial charge in [0.05, 0.1) is 5.56 Å². The fraction of sp³-hybridized carbons (Fsp3) is 0.316. The van der Waals surface area contributed by atoms with E-state index in [1.54, 1.807) is 6.07 Å². The minimum absolute atomic E-state index is 0.151. The van der Waals surface area contributed by atoms with E-state index in [1.807, 2.05) is 6.07 Å². The van der Waals surface area contributed by atoms with E-state index in [2.05, 4.69) is 34.6 Å². The minimum Gasteiger partial charge on any atom is -0.364 e. The normalized spacial score (nSPS) is 20.3. The molecule has 0 aliphatic heterocycles. The molecule has 24 heavy (non-hydrogen) atoms. The molecule has 0 bridgehead atoms. The van der Waals surface area contributed by atoms with Gasteiger partial charge in [-0.3, -0.25) is 14.6 Å². The van der Waals surface area contributed by atoms with Gasteiger partial charge in [-0.1, -0.05) is 30.3 Å². The van der Waals surface area contributed by atoms with E-state index in [4.69, 9.17) is 5.73 Å². The Labute approximate surface area is 141 Å². The summed E-state index contributed by atoms with van der Waals surface area (Å²) in [6, 6.07) is 13.8. The summed E-state index contributed by atoms with van der Waals surface area (Å²) in [6.07, 6.45) is 5.49. The topological polar surface area (TPSA) is 85.1 Å². The van der Waals surface area contributed by atoms with Crippen molar-refractivity contribution in [1.82, 2.24) is 10.3 Å². The second-order valence-corrected chi connectivity index (χ2v) is 6.23. The molecule has 1 aromatic heterocycles. The smallest absolute Gasteiger partial charge is 0.267 e. The van der Waals surface area contributed by atoms with Crippen LogP contribution in [0, 0.1) is 0 Å². The molecule has 1 saturated carbocycles. The first-order valence-corrected chi connectivity index (χ1v) is 8.25. The molecule has 5 nitrogen and oxygen atoms in total. The number of amides is 2. The summed E-state index contributed by atoms with van der Waals surface area (Å²) in [5.74, 6) is -0.168. The number of rotatable bonds is 4. The highest BCUT2D eigenvalue weighted by atomic mass is 16.2. The van der Waals surface area contributed by atoms with E-state index in [0.717, 1.165) is 25.7 Å². The van der Waals surface area contributed by atoms with Crippen LogP contribution in [0.5, 0.6) is 0 Å². The largest absolute Gasteiger partial charge is 0.364 e. The second-order valence-electron chi connectivity index (χ2n) is 6.23. The Hall–Kier alpha value is -2.69. The van der Waals surface area contributed by atoms with Crippen molar-refractivity contribution in [2.24, 2.45) is 5.73 Å². The van der Waals surface area contributed by atoms with E-state index < -0.39 is 5.91 Å². The Kier molecular flexibility index (Phi) is 4.89. The average Bonchev–Trinajstić information content (AvgIpc) is 2.63. The van der Waals surface area contributed by atoms with Crippen molar-refractivity contribution in [3.63, 3.8) is 0 Å². The van der Waals surface area contributed by atoms with Gasteiger partial charge in [-0.2, -0.15) is 0 Å². The number of primary amides is 1. The standard InChI is InChI=1S/C19H21N3O2/c20-18(23)17-11-8-15(12-21-17)19(24)22-16-9-6-14(7-10-16)13-4-2-1-3-5-13/h1-5,8,11-12,14,16H,6-7,9-10H2,(H2,20,23)(H,22,24). The quantitative estimate of drug-likeness (QED) is 0.907. The van der Waals surface area contributed by atoms with E-state index in [1.165, 1.54) is 17.8 Å². The number of hydrogen-bond acceptors (Lipinski definition) is 3. The third kappa shape index (κ3) is 3.79. The number of pyridine rings is 1. The Morgan fingerprint density at radius 2 is 1.71 bits per heavy atom. The molecule has 0 atom stereocenters. The number of aromatic nitrogens is 1. The monoisotopic (exact) mass is 323 g/mol. The second kappa shape index (κ2) is 7.25. The highest BCUT2D eigenvalue weighted by molar-refractivity contribution is 5.95. The van der Waals surface area contributed by atoms with E-state index in [-0.39, 0.29) is 17.6 Å². The van der Waals surface area contributed by atoms with Gasteiger partial charge in [0.2, 0.25) is 0 Å². The van der Waals surface area contributed by atoms with Crippen molar-refractivity contribution in [2.45, 2.75) is 37.6 Å². The summed E-state index contributed by atoms with van der Waals surface area (Å²) in [5.41, 5.74) is 7.14. The van der Waals surface area contributed by atoms with Crippen LogP contribution in [0.1, 0.15) is 58.0 Å². The van der Waals surface area contributed by atoms with Gasteiger partial charge in [-0.05, 0) is 49.3 Å². The maximum absolute atomic E-state index is 12.3. The van der Waals surface area contributed by atoms with Crippen molar-refractivity contribution in [1.29, 1.82) is 0 Å². The molecule has 2 amide bonds. The van der Waals surface area contributed by atoms with Crippen LogP contribution in [0.25, 0.3) is 0 Å². The molecule has 0 saturated heterocycles. The SMILES string of the molecule is NC(=O)c1ccc(C(=O)NC2CCC(c3ccccc3)CC2)cn1. The van der Waals surface area contributed by atoms with Gasteiger partial charge >= 0.3 is 0 Å². The van der Waals surface area contributed by atoms with Crippen LogP contribution in [0.2, 0.25) is 0 Å². The number of nitrogens with one attached hydrogen (secondary N) is 1. The Morgan fingerprint density at radius 3 is 2.29 bits per heavy atom. The molecule has 1 aromatic carbocycles. The van der Waals surface area contributed by atoms with Gasteiger partial charge in [0, 0.05) is 12.2 Å². The lowest BCUT2D eigenvalue weighted by atomic mass is 9.82. The fourth-order valence-corrected chi connectivity index (χ4v) is 3.24. The van der Waals surface area contributed by atoms with E-state index in [0.29, 0.717) is 11.5 Å².